The molecule has 0 saturated heterocycles. The van der Waals surface area contributed by atoms with Crippen molar-refractivity contribution in [1.82, 2.24) is 14.9 Å². The van der Waals surface area contributed by atoms with Crippen molar-refractivity contribution in [3.05, 3.63) is 75.0 Å². The molecule has 7 heteroatoms. The number of rotatable bonds is 4. The Morgan fingerprint density at radius 1 is 1.21 bits per heavy atom. The number of benzene rings is 2. The second-order valence-electron chi connectivity index (χ2n) is 5.24. The number of aromatic nitrogens is 2. The number of nitrogens with zero attached hydrogens (tertiary/aromatic N) is 2. The van der Waals surface area contributed by atoms with Gasteiger partial charge in [-0.1, -0.05) is 28.1 Å². The first-order valence-corrected chi connectivity index (χ1v) is 7.98. The molecule has 0 spiro atoms. The maximum absolute atomic E-state index is 12.8. The van der Waals surface area contributed by atoms with E-state index in [1.165, 1.54) is 23.0 Å². The van der Waals surface area contributed by atoms with Crippen molar-refractivity contribution in [2.75, 3.05) is 0 Å². The van der Waals surface area contributed by atoms with E-state index in [9.17, 15) is 14.0 Å². The molecule has 0 atom stereocenters. The molecule has 1 heterocycles. The summed E-state index contributed by atoms with van der Waals surface area (Å²) in [6, 6.07) is 11.1. The van der Waals surface area contributed by atoms with E-state index >= 15 is 0 Å². The fourth-order valence-corrected chi connectivity index (χ4v) is 2.62. The van der Waals surface area contributed by atoms with Crippen LogP contribution in [0.25, 0.3) is 10.9 Å². The molecular formula is C17H13BrFN3O2. The monoisotopic (exact) mass is 389 g/mol. The molecule has 1 amide bonds. The first-order valence-electron chi connectivity index (χ1n) is 7.19. The summed E-state index contributed by atoms with van der Waals surface area (Å²) in [6.07, 6.45) is 1.36. The third kappa shape index (κ3) is 3.68. The summed E-state index contributed by atoms with van der Waals surface area (Å²) in [5, 5.41) is 3.14. The topological polar surface area (TPSA) is 64.0 Å². The fraction of sp³-hybridized carbons (Fsp3) is 0.118. The van der Waals surface area contributed by atoms with Crippen LogP contribution in [-0.2, 0) is 17.9 Å². The van der Waals surface area contributed by atoms with Gasteiger partial charge in [-0.05, 0) is 35.9 Å². The lowest BCUT2D eigenvalue weighted by molar-refractivity contribution is -0.121. The molecule has 1 aromatic heterocycles. The molecule has 0 bridgehead atoms. The minimum absolute atomic E-state index is 0.129. The lowest BCUT2D eigenvalue weighted by atomic mass is 10.2. The molecule has 0 radical (unpaired) electrons. The van der Waals surface area contributed by atoms with Crippen LogP contribution in [0.15, 0.2) is 58.1 Å². The summed E-state index contributed by atoms with van der Waals surface area (Å²) in [5.41, 5.74) is 1.07. The van der Waals surface area contributed by atoms with Crippen LogP contribution in [0.1, 0.15) is 5.56 Å². The van der Waals surface area contributed by atoms with Crippen LogP contribution in [0.4, 0.5) is 4.39 Å². The third-order valence-electron chi connectivity index (χ3n) is 3.50. The van der Waals surface area contributed by atoms with Gasteiger partial charge in [0.25, 0.3) is 5.56 Å². The SMILES string of the molecule is O=C(Cn1cnc2ccc(Br)cc2c1=O)NCc1ccc(F)cc1. The number of hydrogen-bond acceptors (Lipinski definition) is 3. The molecule has 122 valence electrons. The van der Waals surface area contributed by atoms with Gasteiger partial charge in [0.15, 0.2) is 0 Å². The fourth-order valence-electron chi connectivity index (χ4n) is 2.26. The van der Waals surface area contributed by atoms with Crippen LogP contribution in [0.2, 0.25) is 0 Å². The summed E-state index contributed by atoms with van der Waals surface area (Å²) < 4.78 is 14.9. The van der Waals surface area contributed by atoms with Crippen molar-refractivity contribution >= 4 is 32.7 Å². The van der Waals surface area contributed by atoms with Crippen molar-refractivity contribution < 1.29 is 9.18 Å². The van der Waals surface area contributed by atoms with E-state index in [1.54, 1.807) is 30.3 Å². The molecule has 2 aromatic carbocycles. The second kappa shape index (κ2) is 6.92. The van der Waals surface area contributed by atoms with Gasteiger partial charge in [0, 0.05) is 11.0 Å². The largest absolute Gasteiger partial charge is 0.350 e. The van der Waals surface area contributed by atoms with Crippen LogP contribution in [0.5, 0.6) is 0 Å². The molecule has 0 aliphatic rings. The van der Waals surface area contributed by atoms with Crippen molar-refractivity contribution in [2.45, 2.75) is 13.1 Å². The Hall–Kier alpha value is -2.54. The molecular weight excluding hydrogens is 377 g/mol. The summed E-state index contributed by atoms with van der Waals surface area (Å²) in [5.74, 6) is -0.650. The van der Waals surface area contributed by atoms with Crippen LogP contribution in [0, 0.1) is 5.82 Å². The van der Waals surface area contributed by atoms with Gasteiger partial charge < -0.3 is 5.32 Å². The predicted octanol–water partition coefficient (Wildman–Crippen LogP) is 2.61. The molecule has 3 rings (SSSR count). The van der Waals surface area contributed by atoms with Crippen LogP contribution < -0.4 is 10.9 Å². The quantitative estimate of drug-likeness (QED) is 0.745. The van der Waals surface area contributed by atoms with E-state index in [0.717, 1.165) is 10.0 Å². The molecule has 3 aromatic rings. The Morgan fingerprint density at radius 3 is 2.71 bits per heavy atom. The van der Waals surface area contributed by atoms with Gasteiger partial charge in [0.05, 0.1) is 17.2 Å². The molecule has 0 unspecified atom stereocenters. The van der Waals surface area contributed by atoms with Gasteiger partial charge >= 0.3 is 0 Å². The number of amides is 1. The minimum atomic E-state index is -0.329. The highest BCUT2D eigenvalue weighted by atomic mass is 79.9. The summed E-state index contributed by atoms with van der Waals surface area (Å²) in [4.78, 5) is 28.6. The standard InChI is InChI=1S/C17H13BrFN3O2/c18-12-3-6-15-14(7-12)17(24)22(10-21-15)9-16(23)20-8-11-1-4-13(19)5-2-11/h1-7,10H,8-9H2,(H,20,23). The maximum Gasteiger partial charge on any atom is 0.261 e. The van der Waals surface area contributed by atoms with E-state index in [1.807, 2.05) is 0 Å². The van der Waals surface area contributed by atoms with E-state index in [2.05, 4.69) is 26.2 Å². The number of carbonyl (C=O) groups excluding carboxylic acids is 1. The molecule has 0 aliphatic heterocycles. The Labute approximate surface area is 145 Å². The van der Waals surface area contributed by atoms with E-state index < -0.39 is 0 Å². The predicted molar refractivity (Wildman–Crippen MR) is 91.9 cm³/mol. The Balaban J connectivity index is 1.72. The number of nitrogens with one attached hydrogen (secondary N) is 1. The zero-order valence-corrected chi connectivity index (χ0v) is 14.1. The first-order chi connectivity index (χ1) is 11.5. The lowest BCUT2D eigenvalue weighted by Gasteiger charge is -2.08. The Morgan fingerprint density at radius 2 is 1.96 bits per heavy atom. The molecule has 0 fully saturated rings. The minimum Gasteiger partial charge on any atom is -0.350 e. The molecule has 1 N–H and O–H groups in total. The highest BCUT2D eigenvalue weighted by Crippen LogP contribution is 2.14. The summed E-state index contributed by atoms with van der Waals surface area (Å²) >= 11 is 3.32. The summed E-state index contributed by atoms with van der Waals surface area (Å²) in [7, 11) is 0. The average molecular weight is 390 g/mol. The lowest BCUT2D eigenvalue weighted by Crippen LogP contribution is -2.32. The smallest absolute Gasteiger partial charge is 0.261 e. The highest BCUT2D eigenvalue weighted by molar-refractivity contribution is 9.10. The van der Waals surface area contributed by atoms with Crippen molar-refractivity contribution in [3.63, 3.8) is 0 Å². The maximum atomic E-state index is 12.8. The van der Waals surface area contributed by atoms with Crippen molar-refractivity contribution in [3.8, 4) is 0 Å². The Kier molecular flexibility index (Phi) is 4.71. The van der Waals surface area contributed by atoms with Crippen LogP contribution in [0.3, 0.4) is 0 Å². The van der Waals surface area contributed by atoms with Crippen LogP contribution >= 0.6 is 15.9 Å². The third-order valence-corrected chi connectivity index (χ3v) is 4.00. The van der Waals surface area contributed by atoms with Gasteiger partial charge in [0.1, 0.15) is 12.4 Å². The van der Waals surface area contributed by atoms with Crippen molar-refractivity contribution in [1.29, 1.82) is 0 Å². The first kappa shape index (κ1) is 16.3. The number of carbonyl (C=O) groups is 1. The van der Waals surface area contributed by atoms with Gasteiger partial charge in [-0.2, -0.15) is 0 Å². The number of fused-ring (bicyclic) bond motifs is 1. The number of hydrogen-bond donors (Lipinski definition) is 1. The zero-order valence-electron chi connectivity index (χ0n) is 12.5. The second-order valence-corrected chi connectivity index (χ2v) is 6.16. The molecule has 5 nitrogen and oxygen atoms in total. The highest BCUT2D eigenvalue weighted by Gasteiger charge is 2.08. The van der Waals surface area contributed by atoms with E-state index in [4.69, 9.17) is 0 Å². The van der Waals surface area contributed by atoms with Gasteiger partial charge in [-0.15, -0.1) is 0 Å². The molecule has 24 heavy (non-hydrogen) atoms. The van der Waals surface area contributed by atoms with Crippen LogP contribution in [-0.4, -0.2) is 15.5 Å². The Bertz CT molecular complexity index is 954. The van der Waals surface area contributed by atoms with Gasteiger partial charge in [-0.3, -0.25) is 14.2 Å². The van der Waals surface area contributed by atoms with Crippen molar-refractivity contribution in [2.24, 2.45) is 0 Å². The van der Waals surface area contributed by atoms with E-state index in [-0.39, 0.29) is 30.4 Å². The normalized spacial score (nSPS) is 10.8. The number of halogens is 2. The van der Waals surface area contributed by atoms with E-state index in [0.29, 0.717) is 10.9 Å². The molecule has 0 aliphatic carbocycles. The molecule has 0 saturated carbocycles. The van der Waals surface area contributed by atoms with Gasteiger partial charge in [0.2, 0.25) is 5.91 Å². The summed E-state index contributed by atoms with van der Waals surface area (Å²) in [6.45, 7) is 0.135. The zero-order chi connectivity index (χ0) is 17.1. The van der Waals surface area contributed by atoms with Gasteiger partial charge in [-0.25, -0.2) is 9.37 Å². The average Bonchev–Trinajstić information content (AvgIpc) is 2.57.